The highest BCUT2D eigenvalue weighted by Gasteiger charge is 2.63. The van der Waals surface area contributed by atoms with Crippen molar-refractivity contribution in [3.05, 3.63) is 212 Å². The largest absolute Gasteiger partial charge is 0.461 e. The highest BCUT2D eigenvalue weighted by Crippen LogP contribution is 2.62. The van der Waals surface area contributed by atoms with Crippen molar-refractivity contribution < 1.29 is 42.8 Å². The molecule has 0 aliphatic heterocycles. The van der Waals surface area contributed by atoms with Gasteiger partial charge in [0.25, 0.3) is 0 Å². The molecule has 5 unspecified atom stereocenters. The molecule has 9 rings (SSSR count). The predicted octanol–water partition coefficient (Wildman–Crippen LogP) is 18.4. The average molecular weight is 1200 g/mol. The highest BCUT2D eigenvalue weighted by molar-refractivity contribution is 6.56. The molecule has 16 heteroatoms. The van der Waals surface area contributed by atoms with E-state index in [1.807, 2.05) is 187 Å². The first kappa shape index (κ1) is 61.2. The van der Waals surface area contributed by atoms with Gasteiger partial charge in [0, 0.05) is 5.56 Å². The molecule has 0 N–H and O–H groups in total. The van der Waals surface area contributed by atoms with Crippen LogP contribution in [-0.4, -0.2) is 17.9 Å². The van der Waals surface area contributed by atoms with E-state index in [0.29, 0.717) is 28.6 Å². The Bertz CT molecular complexity index is 3100. The van der Waals surface area contributed by atoms with Gasteiger partial charge in [-0.15, -0.1) is 0 Å². The summed E-state index contributed by atoms with van der Waals surface area (Å²) in [6.45, 7) is 12.3. The lowest BCUT2D eigenvalue weighted by Gasteiger charge is -2.13. The number of allylic oxidation sites excluding steroid dienone is 3. The van der Waals surface area contributed by atoms with Crippen LogP contribution in [0.5, 0.6) is 34.5 Å². The lowest BCUT2D eigenvalue weighted by atomic mass is 10.1. The molecule has 3 fully saturated rings. The predicted molar refractivity (Wildman–Crippen MR) is 315 cm³/mol. The molecule has 0 radical (unpaired) electrons. The first-order valence-electron chi connectivity index (χ1n) is 25.6. The van der Waals surface area contributed by atoms with Gasteiger partial charge in [-0.1, -0.05) is 202 Å². The molecule has 0 saturated heterocycles. The summed E-state index contributed by atoms with van der Waals surface area (Å²) in [6.07, 6.45) is 4.04. The summed E-state index contributed by atoms with van der Waals surface area (Å²) < 4.78 is 34.4. The number of hydrogen-bond donors (Lipinski definition) is 0. The van der Waals surface area contributed by atoms with Crippen molar-refractivity contribution in [1.29, 1.82) is 5.26 Å². The maximum absolute atomic E-state index is 12.6. The van der Waals surface area contributed by atoms with E-state index in [9.17, 15) is 19.6 Å². The fourth-order valence-corrected chi connectivity index (χ4v) is 10.4. The number of ether oxygens (including phenoxy) is 6. The Labute approximate surface area is 497 Å². The zero-order chi connectivity index (χ0) is 57.8. The van der Waals surface area contributed by atoms with Crippen LogP contribution in [0.2, 0.25) is 0 Å². The van der Waals surface area contributed by atoms with E-state index in [1.54, 1.807) is 42.5 Å². The summed E-state index contributed by atoms with van der Waals surface area (Å²) in [5.41, 5.74) is 1.59. The Kier molecular flexibility index (Phi) is 20.9. The summed E-state index contributed by atoms with van der Waals surface area (Å²) in [6, 6.07) is 52.4. The summed E-state index contributed by atoms with van der Waals surface area (Å²) in [4.78, 5) is 37.4. The van der Waals surface area contributed by atoms with E-state index in [1.165, 1.54) is 0 Å². The smallest absolute Gasteiger partial charge is 0.311 e. The topological polar surface area (TPSA) is 130 Å². The van der Waals surface area contributed by atoms with Gasteiger partial charge >= 0.3 is 17.9 Å². The monoisotopic (exact) mass is 1200 g/mol. The standard InChI is InChI=1S/C22H19Cl2NO3.2C21H20Cl2O3/c1-22(2)17(12-19(23)24)20(22)21(26)28-18(13-25)14-7-6-10-16(11-14)27-15-8-4-3-5-9-15;2*1-21(2)17(12-18(22)23)19(21)20(24)25-13-14-7-6-10-16(11-14)26-15-8-4-3-5-9-15/h3-12,17-18,20H,1-2H3;2*3-12,17,19H,13H2,1-2H3/t;17-,19+;/m.1./s1. The molecule has 7 atom stereocenters. The van der Waals surface area contributed by atoms with Crippen molar-refractivity contribution in [2.75, 3.05) is 0 Å². The van der Waals surface area contributed by atoms with Crippen molar-refractivity contribution in [2.24, 2.45) is 51.8 Å². The summed E-state index contributed by atoms with van der Waals surface area (Å²) in [7, 11) is 0. The number of hydrogen-bond acceptors (Lipinski definition) is 10. The second kappa shape index (κ2) is 27.4. The zero-order valence-electron chi connectivity index (χ0n) is 44.7. The van der Waals surface area contributed by atoms with E-state index in [4.69, 9.17) is 98.0 Å². The van der Waals surface area contributed by atoms with Crippen LogP contribution < -0.4 is 14.2 Å². The third-order valence-electron chi connectivity index (χ3n) is 14.4. The molecule has 3 aliphatic carbocycles. The molecule has 0 bridgehead atoms. The number of halogens is 6. The van der Waals surface area contributed by atoms with Gasteiger partial charge in [0.05, 0.1) is 17.8 Å². The van der Waals surface area contributed by atoms with Crippen LogP contribution in [0.3, 0.4) is 0 Å². The van der Waals surface area contributed by atoms with Gasteiger partial charge in [0.2, 0.25) is 6.10 Å². The summed E-state index contributed by atoms with van der Waals surface area (Å²) in [5.74, 6) is 2.30. The lowest BCUT2D eigenvalue weighted by Crippen LogP contribution is -2.14. The van der Waals surface area contributed by atoms with Crippen molar-refractivity contribution in [3.8, 4) is 40.6 Å². The van der Waals surface area contributed by atoms with Crippen LogP contribution in [0.1, 0.15) is 64.3 Å². The zero-order valence-corrected chi connectivity index (χ0v) is 49.2. The molecule has 0 aromatic heterocycles. The van der Waals surface area contributed by atoms with Crippen molar-refractivity contribution in [1.82, 2.24) is 0 Å². The maximum Gasteiger partial charge on any atom is 0.311 e. The molecule has 0 spiro atoms. The normalized spacial score (nSPS) is 20.2. The summed E-state index contributed by atoms with van der Waals surface area (Å²) >= 11 is 34.4. The minimum atomic E-state index is -1.03. The third kappa shape index (κ3) is 16.8. The fourth-order valence-electron chi connectivity index (χ4n) is 9.58. The molecule has 10 nitrogen and oxygen atoms in total. The number of esters is 3. The Morgan fingerprint density at radius 2 is 0.762 bits per heavy atom. The molecule has 6 aromatic carbocycles. The van der Waals surface area contributed by atoms with Crippen molar-refractivity contribution in [2.45, 2.75) is 60.9 Å². The van der Waals surface area contributed by atoms with E-state index >= 15 is 0 Å². The molecule has 6 aromatic rings. The minimum Gasteiger partial charge on any atom is -0.461 e. The van der Waals surface area contributed by atoms with E-state index < -0.39 is 12.1 Å². The van der Waals surface area contributed by atoms with Crippen LogP contribution in [0.15, 0.2) is 195 Å². The number of rotatable bonds is 18. The number of carbonyl (C=O) groups excluding carboxylic acids is 3. The molecule has 3 aliphatic rings. The number of para-hydroxylation sites is 3. The van der Waals surface area contributed by atoms with Crippen LogP contribution in [-0.2, 0) is 41.8 Å². The third-order valence-corrected chi connectivity index (χ3v) is 15.2. The highest BCUT2D eigenvalue weighted by atomic mass is 35.5. The van der Waals surface area contributed by atoms with E-state index in [-0.39, 0.29) is 90.4 Å². The number of nitriles is 1. The minimum absolute atomic E-state index is 0.00717. The summed E-state index contributed by atoms with van der Waals surface area (Å²) in [5, 5.41) is 9.53. The Morgan fingerprint density at radius 1 is 0.450 bits per heavy atom. The Balaban J connectivity index is 0.000000174. The van der Waals surface area contributed by atoms with E-state index in [0.717, 1.165) is 22.6 Å². The molecule has 3 saturated carbocycles. The molecule has 80 heavy (non-hydrogen) atoms. The SMILES string of the molecule is CC1(C)C(C=C(Cl)Cl)C1C(=O)OC(C#N)c1cccc(Oc2ccccc2)c1.CC1(C)C(C=C(Cl)Cl)C1C(=O)OCc1cccc(Oc2ccccc2)c1.CC1(C)[C@H](C=C(Cl)Cl)[C@H]1C(=O)OCc1cccc(Oc2ccccc2)c1. The van der Waals surface area contributed by atoms with Gasteiger partial charge in [-0.2, -0.15) is 5.26 Å². The number of carbonyl (C=O) groups is 3. The van der Waals surface area contributed by atoms with Gasteiger partial charge < -0.3 is 28.4 Å². The molecule has 416 valence electrons. The van der Waals surface area contributed by atoms with Crippen molar-refractivity contribution >= 4 is 87.5 Å². The molecular weight excluding hydrogens is 1140 g/mol. The first-order chi connectivity index (χ1) is 38.1. The lowest BCUT2D eigenvalue weighted by molar-refractivity contribution is -0.150. The molecule has 0 heterocycles. The van der Waals surface area contributed by atoms with E-state index in [2.05, 4.69) is 0 Å². The van der Waals surface area contributed by atoms with Gasteiger partial charge in [0.1, 0.15) is 67.3 Å². The first-order valence-corrected chi connectivity index (χ1v) is 27.8. The fraction of sp³-hybridized carbons (Fsp3) is 0.281. The van der Waals surface area contributed by atoms with Crippen LogP contribution in [0, 0.1) is 63.1 Å². The molecule has 0 amide bonds. The van der Waals surface area contributed by atoms with Crippen LogP contribution in [0.4, 0.5) is 0 Å². The van der Waals surface area contributed by atoms with Crippen molar-refractivity contribution in [3.63, 3.8) is 0 Å². The maximum atomic E-state index is 12.6. The van der Waals surface area contributed by atoms with Crippen LogP contribution in [0.25, 0.3) is 0 Å². The quantitative estimate of drug-likeness (QED) is 0.0605. The second-order valence-electron chi connectivity index (χ2n) is 21.1. The van der Waals surface area contributed by atoms with Crippen LogP contribution >= 0.6 is 69.6 Å². The molecular formula is C64H59Cl6NO9. The average Bonchev–Trinajstić information content (AvgIpc) is 4.48. The van der Waals surface area contributed by atoms with Gasteiger partial charge in [-0.3, -0.25) is 14.4 Å². The number of benzene rings is 6. The van der Waals surface area contributed by atoms with Gasteiger partial charge in [-0.25, -0.2) is 0 Å². The number of nitrogens with zero attached hydrogens (tertiary/aromatic N) is 1. The second-order valence-corrected chi connectivity index (χ2v) is 24.1. The van der Waals surface area contributed by atoms with Gasteiger partial charge in [0.15, 0.2) is 0 Å². The Hall–Kier alpha value is -6.42. The van der Waals surface area contributed by atoms with Gasteiger partial charge in [-0.05, 0) is 136 Å². The Morgan fingerprint density at radius 3 is 1.10 bits per heavy atom.